The largest absolute Gasteiger partial charge is 0.394 e. The van der Waals surface area contributed by atoms with Crippen LogP contribution < -0.4 is 5.32 Å². The highest BCUT2D eigenvalue weighted by Gasteiger charge is 2.57. The molecule has 4 saturated carbocycles. The first-order valence-corrected chi connectivity index (χ1v) is 7.78. The van der Waals surface area contributed by atoms with Crippen LogP contribution in [0, 0.1) is 23.7 Å². The molecule has 4 heteroatoms. The van der Waals surface area contributed by atoms with E-state index in [9.17, 15) is 9.90 Å². The molecule has 0 heterocycles. The smallest absolute Gasteiger partial charge is 0.231 e. The molecule has 4 bridgehead atoms. The van der Waals surface area contributed by atoms with Crippen LogP contribution in [0.1, 0.15) is 32.1 Å². The molecule has 4 fully saturated rings. The third-order valence-electron chi connectivity index (χ3n) is 5.35. The zero-order valence-electron chi connectivity index (χ0n) is 9.99. The molecule has 0 aromatic heterocycles. The standard InChI is InChI=1S/C13H20BrNO2/c14-6-12(17)15-13(7-16)10-2-8-1-9(4-10)5-11(13)3-8/h8-11,16H,1-7H2,(H,15,17). The van der Waals surface area contributed by atoms with Crippen LogP contribution in [0.15, 0.2) is 0 Å². The summed E-state index contributed by atoms with van der Waals surface area (Å²) in [6, 6.07) is 0. The lowest BCUT2D eigenvalue weighted by molar-refractivity contribution is -0.134. The van der Waals surface area contributed by atoms with Crippen molar-refractivity contribution >= 4 is 21.8 Å². The Balaban J connectivity index is 1.86. The van der Waals surface area contributed by atoms with Crippen LogP contribution in [0.3, 0.4) is 0 Å². The molecule has 0 spiro atoms. The summed E-state index contributed by atoms with van der Waals surface area (Å²) in [7, 11) is 0. The minimum absolute atomic E-state index is 0.0199. The normalized spacial score (nSPS) is 47.2. The fraction of sp³-hybridized carbons (Fsp3) is 0.923. The van der Waals surface area contributed by atoms with Gasteiger partial charge in [-0.3, -0.25) is 4.79 Å². The third kappa shape index (κ3) is 1.75. The van der Waals surface area contributed by atoms with Gasteiger partial charge in [0.25, 0.3) is 0 Å². The first kappa shape index (κ1) is 12.0. The lowest BCUT2D eigenvalue weighted by Gasteiger charge is -2.60. The van der Waals surface area contributed by atoms with Gasteiger partial charge in [0.05, 0.1) is 17.5 Å². The summed E-state index contributed by atoms with van der Waals surface area (Å²) >= 11 is 3.20. The van der Waals surface area contributed by atoms with Crippen LogP contribution >= 0.6 is 15.9 Å². The minimum atomic E-state index is -0.307. The molecule has 1 amide bonds. The Morgan fingerprint density at radius 3 is 2.12 bits per heavy atom. The number of nitrogens with one attached hydrogen (secondary N) is 1. The van der Waals surface area contributed by atoms with E-state index in [1.807, 2.05) is 0 Å². The topological polar surface area (TPSA) is 49.3 Å². The SMILES string of the molecule is O=C(CBr)NC1(CO)C2CC3CC(C2)CC1C3. The maximum atomic E-state index is 11.7. The molecular formula is C13H20BrNO2. The number of carbonyl (C=O) groups excluding carboxylic acids is 1. The molecule has 17 heavy (non-hydrogen) atoms. The van der Waals surface area contributed by atoms with Crippen molar-refractivity contribution in [2.75, 3.05) is 11.9 Å². The molecule has 0 aromatic rings. The van der Waals surface area contributed by atoms with E-state index in [1.54, 1.807) is 0 Å². The van der Waals surface area contributed by atoms with Crippen molar-refractivity contribution in [3.8, 4) is 0 Å². The number of aliphatic hydroxyl groups excluding tert-OH is 1. The average Bonchev–Trinajstić information content (AvgIpc) is 2.33. The Hall–Kier alpha value is -0.0900. The van der Waals surface area contributed by atoms with Gasteiger partial charge in [0, 0.05) is 0 Å². The van der Waals surface area contributed by atoms with E-state index in [2.05, 4.69) is 21.2 Å². The number of rotatable bonds is 3. The van der Waals surface area contributed by atoms with Gasteiger partial charge in [-0.05, 0) is 55.8 Å². The van der Waals surface area contributed by atoms with Gasteiger partial charge in [0.1, 0.15) is 0 Å². The van der Waals surface area contributed by atoms with Gasteiger partial charge in [-0.1, -0.05) is 15.9 Å². The molecule has 0 saturated heterocycles. The van der Waals surface area contributed by atoms with E-state index in [-0.39, 0.29) is 18.1 Å². The maximum Gasteiger partial charge on any atom is 0.231 e. The monoisotopic (exact) mass is 301 g/mol. The van der Waals surface area contributed by atoms with Crippen molar-refractivity contribution in [2.45, 2.75) is 37.6 Å². The highest BCUT2D eigenvalue weighted by Crippen LogP contribution is 2.58. The summed E-state index contributed by atoms with van der Waals surface area (Å²) < 4.78 is 0. The molecule has 3 nitrogen and oxygen atoms in total. The molecule has 96 valence electrons. The van der Waals surface area contributed by atoms with Gasteiger partial charge in [-0.2, -0.15) is 0 Å². The molecule has 2 N–H and O–H groups in total. The Morgan fingerprint density at radius 1 is 1.18 bits per heavy atom. The Labute approximate surface area is 110 Å². The molecule has 4 aliphatic rings. The van der Waals surface area contributed by atoms with Gasteiger partial charge < -0.3 is 10.4 Å². The van der Waals surface area contributed by atoms with Crippen LogP contribution in [0.2, 0.25) is 0 Å². The van der Waals surface area contributed by atoms with E-state index in [4.69, 9.17) is 0 Å². The van der Waals surface area contributed by atoms with E-state index in [0.29, 0.717) is 17.2 Å². The van der Waals surface area contributed by atoms with E-state index >= 15 is 0 Å². The number of halogens is 1. The highest BCUT2D eigenvalue weighted by molar-refractivity contribution is 9.09. The minimum Gasteiger partial charge on any atom is -0.394 e. The van der Waals surface area contributed by atoms with Crippen LogP contribution in [-0.4, -0.2) is 28.5 Å². The fourth-order valence-electron chi connectivity index (χ4n) is 4.82. The molecule has 0 aliphatic heterocycles. The Kier molecular flexibility index (Phi) is 2.98. The van der Waals surface area contributed by atoms with Crippen molar-refractivity contribution < 1.29 is 9.90 Å². The van der Waals surface area contributed by atoms with Crippen molar-refractivity contribution in [3.63, 3.8) is 0 Å². The number of carbonyl (C=O) groups is 1. The number of hydrogen-bond acceptors (Lipinski definition) is 2. The van der Waals surface area contributed by atoms with Gasteiger partial charge in [-0.15, -0.1) is 0 Å². The van der Waals surface area contributed by atoms with Crippen LogP contribution in [0.4, 0.5) is 0 Å². The number of alkyl halides is 1. The lowest BCUT2D eigenvalue weighted by Crippen LogP contribution is -2.68. The first-order valence-electron chi connectivity index (χ1n) is 6.65. The van der Waals surface area contributed by atoms with E-state index in [1.165, 1.54) is 32.1 Å². The van der Waals surface area contributed by atoms with Crippen molar-refractivity contribution in [3.05, 3.63) is 0 Å². The quantitative estimate of drug-likeness (QED) is 0.779. The van der Waals surface area contributed by atoms with Crippen molar-refractivity contribution in [2.24, 2.45) is 23.7 Å². The lowest BCUT2D eigenvalue weighted by atomic mass is 9.48. The summed E-state index contributed by atoms with van der Waals surface area (Å²) in [6.45, 7) is 0.112. The van der Waals surface area contributed by atoms with Crippen molar-refractivity contribution in [1.29, 1.82) is 0 Å². The predicted molar refractivity (Wildman–Crippen MR) is 68.8 cm³/mol. The van der Waals surface area contributed by atoms with Gasteiger partial charge >= 0.3 is 0 Å². The van der Waals surface area contributed by atoms with Crippen molar-refractivity contribution in [1.82, 2.24) is 5.32 Å². The zero-order chi connectivity index (χ0) is 12.0. The van der Waals surface area contributed by atoms with Gasteiger partial charge in [0.15, 0.2) is 0 Å². The van der Waals surface area contributed by atoms with Crippen LogP contribution in [0.5, 0.6) is 0 Å². The average molecular weight is 302 g/mol. The second kappa shape index (κ2) is 4.23. The summed E-state index contributed by atoms with van der Waals surface area (Å²) in [5.41, 5.74) is -0.307. The first-order chi connectivity index (χ1) is 8.18. The number of amides is 1. The van der Waals surface area contributed by atoms with Crippen LogP contribution in [-0.2, 0) is 4.79 Å². The van der Waals surface area contributed by atoms with Crippen LogP contribution in [0.25, 0.3) is 0 Å². The molecule has 4 rings (SSSR count). The Morgan fingerprint density at radius 2 is 1.71 bits per heavy atom. The van der Waals surface area contributed by atoms with Gasteiger partial charge in [0.2, 0.25) is 5.91 Å². The number of aliphatic hydroxyl groups is 1. The second-order valence-corrected chi connectivity index (χ2v) is 6.75. The third-order valence-corrected chi connectivity index (χ3v) is 5.86. The summed E-state index contributed by atoms with van der Waals surface area (Å²) in [6.07, 6.45) is 6.21. The molecule has 0 unspecified atom stereocenters. The zero-order valence-corrected chi connectivity index (χ0v) is 11.6. The summed E-state index contributed by atoms with van der Waals surface area (Å²) in [5, 5.41) is 13.3. The highest BCUT2D eigenvalue weighted by atomic mass is 79.9. The summed E-state index contributed by atoms with van der Waals surface area (Å²) in [4.78, 5) is 11.7. The molecule has 0 radical (unpaired) electrons. The molecule has 0 aromatic carbocycles. The van der Waals surface area contributed by atoms with Gasteiger partial charge in [-0.25, -0.2) is 0 Å². The molecule has 4 aliphatic carbocycles. The Bertz CT molecular complexity index is 303. The fourth-order valence-corrected chi connectivity index (χ4v) is 4.96. The number of hydrogen-bond donors (Lipinski definition) is 2. The molecular weight excluding hydrogens is 282 g/mol. The van der Waals surface area contributed by atoms with E-state index in [0.717, 1.165) is 11.8 Å². The second-order valence-electron chi connectivity index (χ2n) is 6.18. The predicted octanol–water partition coefficient (Wildman–Crippen LogP) is 1.68. The van der Waals surface area contributed by atoms with E-state index < -0.39 is 0 Å². The maximum absolute atomic E-state index is 11.7. The molecule has 0 atom stereocenters. The summed E-state index contributed by atoms with van der Waals surface area (Å²) in [5.74, 6) is 2.75.